The first-order valence-electron chi connectivity index (χ1n) is 11.8. The molecule has 0 bridgehead atoms. The Bertz CT molecular complexity index is 1270. The summed E-state index contributed by atoms with van der Waals surface area (Å²) in [5.74, 6) is -2.33. The molecule has 2 atom stereocenters. The second-order valence-electron chi connectivity index (χ2n) is 8.78. The van der Waals surface area contributed by atoms with Crippen molar-refractivity contribution >= 4 is 29.0 Å². The highest BCUT2D eigenvalue weighted by Crippen LogP contribution is 2.41. The Morgan fingerprint density at radius 3 is 2.25 bits per heavy atom. The van der Waals surface area contributed by atoms with Crippen molar-refractivity contribution in [3.63, 3.8) is 0 Å². The molecule has 2 saturated heterocycles. The lowest BCUT2D eigenvalue weighted by Gasteiger charge is -2.29. The fraction of sp³-hybridized carbons (Fsp3) is 0.296. The molecule has 9 heteroatoms. The first kappa shape index (κ1) is 23.6. The molecular weight excluding hydrogens is 460 g/mol. The van der Waals surface area contributed by atoms with E-state index in [-0.39, 0.29) is 5.82 Å². The second-order valence-corrected chi connectivity index (χ2v) is 8.78. The van der Waals surface area contributed by atoms with Gasteiger partial charge in [0, 0.05) is 24.3 Å². The van der Waals surface area contributed by atoms with Crippen LogP contribution in [0.15, 0.2) is 60.7 Å². The number of morpholine rings is 1. The Morgan fingerprint density at radius 1 is 0.944 bits per heavy atom. The van der Waals surface area contributed by atoms with Gasteiger partial charge in [0.2, 0.25) is 5.78 Å². The van der Waals surface area contributed by atoms with E-state index in [1.807, 2.05) is 12.1 Å². The summed E-state index contributed by atoms with van der Waals surface area (Å²) in [6, 6.07) is 16.6. The molecule has 0 aliphatic carbocycles. The summed E-state index contributed by atoms with van der Waals surface area (Å²) in [6.45, 7) is 4.63. The predicted molar refractivity (Wildman–Crippen MR) is 132 cm³/mol. The van der Waals surface area contributed by atoms with Gasteiger partial charge in [-0.3, -0.25) is 19.3 Å². The molecule has 9 nitrogen and oxygen atoms in total. The number of hydrogen-bond acceptors (Lipinski definition) is 8. The van der Waals surface area contributed by atoms with Crippen molar-refractivity contribution in [2.24, 2.45) is 5.92 Å². The van der Waals surface area contributed by atoms with Gasteiger partial charge in [0.05, 0.1) is 32.1 Å². The van der Waals surface area contributed by atoms with Crippen LogP contribution in [0.5, 0.6) is 5.75 Å². The number of methoxy groups -OCH3 is 1. The van der Waals surface area contributed by atoms with Crippen molar-refractivity contribution in [3.8, 4) is 5.75 Å². The van der Waals surface area contributed by atoms with Gasteiger partial charge in [0.1, 0.15) is 11.7 Å². The normalized spacial score (nSPS) is 20.1. The molecular formula is C27H26N4O5. The number of aromatic nitrogens is 2. The first-order valence-corrected chi connectivity index (χ1v) is 11.8. The maximum Gasteiger partial charge on any atom is 0.297 e. The minimum absolute atomic E-state index is 0.220. The lowest BCUT2D eigenvalue weighted by molar-refractivity contribution is -0.135. The lowest BCUT2D eigenvalue weighted by Crippen LogP contribution is -2.36. The highest BCUT2D eigenvalue weighted by atomic mass is 16.5. The number of carbonyl (C=O) groups is 3. The maximum atomic E-state index is 13.7. The average Bonchev–Trinajstić information content (AvgIpc) is 3.19. The van der Waals surface area contributed by atoms with Gasteiger partial charge in [0.25, 0.3) is 5.91 Å². The van der Waals surface area contributed by atoms with Crippen molar-refractivity contribution < 1.29 is 23.9 Å². The third-order valence-corrected chi connectivity index (χ3v) is 6.60. The van der Waals surface area contributed by atoms with Crippen molar-refractivity contribution in [2.75, 3.05) is 43.2 Å². The molecule has 0 spiro atoms. The molecule has 2 aromatic carbocycles. The number of ketones is 2. The second kappa shape index (κ2) is 9.87. The zero-order valence-corrected chi connectivity index (χ0v) is 20.1. The van der Waals surface area contributed by atoms with E-state index in [0.717, 1.165) is 18.8 Å². The summed E-state index contributed by atoms with van der Waals surface area (Å²) in [6.07, 6.45) is 0. The number of rotatable bonds is 6. The van der Waals surface area contributed by atoms with Gasteiger partial charge in [-0.1, -0.05) is 12.1 Å². The number of nitrogens with zero attached hydrogens (tertiary/aromatic N) is 4. The largest absolute Gasteiger partial charge is 0.497 e. The molecule has 184 valence electrons. The van der Waals surface area contributed by atoms with E-state index in [4.69, 9.17) is 9.47 Å². The molecule has 1 amide bonds. The van der Waals surface area contributed by atoms with E-state index in [2.05, 4.69) is 15.1 Å². The molecule has 2 aliphatic rings. The summed E-state index contributed by atoms with van der Waals surface area (Å²) in [5, 5.41) is 8.18. The van der Waals surface area contributed by atoms with Crippen LogP contribution < -0.4 is 14.5 Å². The standard InChI is InChI=1S/C27H26N4O5/c1-17-3-12-22(29-28-17)31-24(18-6-10-21(35-2)11-7-18)23(26(33)27(31)34)25(32)19-4-8-20(9-5-19)30-13-15-36-16-14-30/h3-12,23-24H,13-16H2,1-2H3. The van der Waals surface area contributed by atoms with E-state index >= 15 is 0 Å². The molecule has 36 heavy (non-hydrogen) atoms. The molecule has 0 radical (unpaired) electrons. The van der Waals surface area contributed by atoms with E-state index in [0.29, 0.717) is 35.8 Å². The smallest absolute Gasteiger partial charge is 0.297 e. The third-order valence-electron chi connectivity index (χ3n) is 6.60. The van der Waals surface area contributed by atoms with Crippen LogP contribution in [0, 0.1) is 12.8 Å². The van der Waals surface area contributed by atoms with Gasteiger partial charge in [-0.05, 0) is 61.0 Å². The zero-order valence-electron chi connectivity index (χ0n) is 20.1. The van der Waals surface area contributed by atoms with E-state index in [9.17, 15) is 14.4 Å². The number of carbonyl (C=O) groups excluding carboxylic acids is 3. The van der Waals surface area contributed by atoms with Gasteiger partial charge < -0.3 is 14.4 Å². The molecule has 5 rings (SSSR count). The molecule has 0 N–H and O–H groups in total. The van der Waals surface area contributed by atoms with Crippen LogP contribution in [-0.4, -0.2) is 61.1 Å². The Balaban J connectivity index is 1.52. The number of benzene rings is 2. The minimum atomic E-state index is -1.22. The molecule has 1 aromatic heterocycles. The number of aryl methyl sites for hydroxylation is 1. The van der Waals surface area contributed by atoms with Gasteiger partial charge >= 0.3 is 0 Å². The van der Waals surface area contributed by atoms with Crippen molar-refractivity contribution in [2.45, 2.75) is 13.0 Å². The topological polar surface area (TPSA) is 102 Å². The van der Waals surface area contributed by atoms with Gasteiger partial charge in [-0.15, -0.1) is 5.10 Å². The summed E-state index contributed by atoms with van der Waals surface area (Å²) < 4.78 is 10.7. The fourth-order valence-corrected chi connectivity index (χ4v) is 4.68. The number of ether oxygens (including phenoxy) is 2. The monoisotopic (exact) mass is 486 g/mol. The van der Waals surface area contributed by atoms with Crippen molar-refractivity contribution in [1.29, 1.82) is 0 Å². The molecule has 3 aromatic rings. The van der Waals surface area contributed by atoms with Crippen LogP contribution in [0.3, 0.4) is 0 Å². The zero-order chi connectivity index (χ0) is 25.2. The summed E-state index contributed by atoms with van der Waals surface area (Å²) >= 11 is 0. The van der Waals surface area contributed by atoms with E-state index in [1.54, 1.807) is 62.6 Å². The number of Topliss-reactive ketones (excluding diaryl/α,β-unsaturated/α-hetero) is 2. The fourth-order valence-electron chi connectivity index (χ4n) is 4.68. The SMILES string of the molecule is COc1ccc(C2C(C(=O)c3ccc(N4CCOCC4)cc3)C(=O)C(=O)N2c2ccc(C)nn2)cc1. The van der Waals surface area contributed by atoms with Gasteiger partial charge in [-0.2, -0.15) is 5.10 Å². The van der Waals surface area contributed by atoms with E-state index in [1.165, 1.54) is 4.90 Å². The number of hydrogen-bond donors (Lipinski definition) is 0. The highest BCUT2D eigenvalue weighted by Gasteiger charge is 2.52. The minimum Gasteiger partial charge on any atom is -0.497 e. The molecule has 2 fully saturated rings. The quantitative estimate of drug-likeness (QED) is 0.298. The van der Waals surface area contributed by atoms with E-state index < -0.39 is 29.4 Å². The molecule has 0 saturated carbocycles. The first-order chi connectivity index (χ1) is 17.5. The van der Waals surface area contributed by atoms with Gasteiger partial charge in [-0.25, -0.2) is 0 Å². The van der Waals surface area contributed by atoms with Crippen molar-refractivity contribution in [1.82, 2.24) is 10.2 Å². The summed E-state index contributed by atoms with van der Waals surface area (Å²) in [4.78, 5) is 43.7. The molecule has 2 unspecified atom stereocenters. The summed E-state index contributed by atoms with van der Waals surface area (Å²) in [5.41, 5.74) is 2.65. The Labute approximate surface area is 208 Å². The number of amides is 1. The van der Waals surface area contributed by atoms with Crippen molar-refractivity contribution in [3.05, 3.63) is 77.5 Å². The average molecular weight is 487 g/mol. The van der Waals surface area contributed by atoms with Crippen LogP contribution >= 0.6 is 0 Å². The van der Waals surface area contributed by atoms with Crippen LogP contribution in [0.1, 0.15) is 27.7 Å². The molecule has 3 heterocycles. The highest BCUT2D eigenvalue weighted by molar-refractivity contribution is 6.48. The Hall–Kier alpha value is -4.11. The van der Waals surface area contributed by atoms with Crippen LogP contribution in [0.2, 0.25) is 0 Å². The van der Waals surface area contributed by atoms with Crippen LogP contribution in [0.4, 0.5) is 11.5 Å². The van der Waals surface area contributed by atoms with Crippen LogP contribution in [-0.2, 0) is 14.3 Å². The van der Waals surface area contributed by atoms with Gasteiger partial charge in [0.15, 0.2) is 11.6 Å². The maximum absolute atomic E-state index is 13.7. The van der Waals surface area contributed by atoms with Crippen LogP contribution in [0.25, 0.3) is 0 Å². The lowest BCUT2D eigenvalue weighted by atomic mass is 9.86. The Kier molecular flexibility index (Phi) is 6.47. The predicted octanol–water partition coefficient (Wildman–Crippen LogP) is 2.79. The third kappa shape index (κ3) is 4.33. The molecule has 2 aliphatic heterocycles. The Morgan fingerprint density at radius 2 is 1.64 bits per heavy atom. The summed E-state index contributed by atoms with van der Waals surface area (Å²) in [7, 11) is 1.55. The number of anilines is 2.